The largest absolute Gasteiger partial charge is 0.494 e. The molecule has 202 valence electrons. The number of carbonyl (C=O) groups excluding carboxylic acids is 1. The zero-order valence-electron chi connectivity index (χ0n) is 19.8. The predicted octanol–water partition coefficient (Wildman–Crippen LogP) is 5.79. The third-order valence-corrected chi connectivity index (χ3v) is 6.24. The number of halogens is 9. The van der Waals surface area contributed by atoms with Crippen LogP contribution in [0.4, 0.5) is 39.5 Å². The number of nitrogens with one attached hydrogen (secondary N) is 1. The van der Waals surface area contributed by atoms with E-state index >= 15 is 0 Å². The Labute approximate surface area is 206 Å². The zero-order valence-corrected chi connectivity index (χ0v) is 19.8. The van der Waals surface area contributed by atoms with Crippen LogP contribution < -0.4 is 10.8 Å². The smallest absolute Gasteiger partial charge is 0.399 e. The Morgan fingerprint density at radius 3 is 1.78 bits per heavy atom. The van der Waals surface area contributed by atoms with Crippen molar-refractivity contribution < 1.29 is 53.6 Å². The molecule has 1 aliphatic heterocycles. The van der Waals surface area contributed by atoms with Gasteiger partial charge in [0.05, 0.1) is 28.4 Å². The molecule has 1 fully saturated rings. The minimum atomic E-state index is -5.46. The van der Waals surface area contributed by atoms with Crippen LogP contribution >= 0.6 is 0 Å². The third kappa shape index (κ3) is 6.23. The summed E-state index contributed by atoms with van der Waals surface area (Å²) in [4.78, 5) is 11.8. The van der Waals surface area contributed by atoms with E-state index in [0.29, 0.717) is 24.3 Å². The van der Waals surface area contributed by atoms with Crippen LogP contribution in [0.1, 0.15) is 56.0 Å². The van der Waals surface area contributed by atoms with Crippen molar-refractivity contribution in [3.8, 4) is 0 Å². The van der Waals surface area contributed by atoms with Crippen molar-refractivity contribution in [1.29, 1.82) is 0 Å². The van der Waals surface area contributed by atoms with Crippen LogP contribution in [0.3, 0.4) is 0 Å². The van der Waals surface area contributed by atoms with Gasteiger partial charge in [0.2, 0.25) is 0 Å². The van der Waals surface area contributed by atoms with E-state index in [9.17, 15) is 44.3 Å². The molecule has 3 rings (SSSR count). The Balaban J connectivity index is 2.21. The number of hydrogen-bond donors (Lipinski definition) is 1. The number of hydrogen-bond acceptors (Lipinski definition) is 3. The van der Waals surface area contributed by atoms with E-state index < -0.39 is 71.1 Å². The minimum absolute atomic E-state index is 0.248. The van der Waals surface area contributed by atoms with Crippen molar-refractivity contribution in [2.24, 2.45) is 0 Å². The van der Waals surface area contributed by atoms with E-state index in [-0.39, 0.29) is 5.46 Å². The normalized spacial score (nSPS) is 18.6. The van der Waals surface area contributed by atoms with E-state index in [1.54, 1.807) is 27.7 Å². The number of benzene rings is 2. The van der Waals surface area contributed by atoms with Gasteiger partial charge in [-0.3, -0.25) is 4.79 Å². The van der Waals surface area contributed by atoms with E-state index in [0.717, 1.165) is 18.2 Å². The van der Waals surface area contributed by atoms with E-state index in [1.807, 2.05) is 0 Å². The van der Waals surface area contributed by atoms with Crippen LogP contribution in [0.2, 0.25) is 0 Å². The molecule has 2 aromatic carbocycles. The van der Waals surface area contributed by atoms with Crippen molar-refractivity contribution in [2.45, 2.75) is 63.5 Å². The fraction of sp³-hybridized carbons (Fsp3) is 0.435. The minimum Gasteiger partial charge on any atom is -0.399 e. The molecule has 1 saturated heterocycles. The van der Waals surface area contributed by atoms with Crippen LogP contribution in [-0.4, -0.2) is 30.4 Å². The molecular formula is C23H21BF9NO3. The molecule has 2 aromatic rings. The maximum absolute atomic E-state index is 13.8. The summed E-state index contributed by atoms with van der Waals surface area (Å²) >= 11 is 0. The van der Waals surface area contributed by atoms with Gasteiger partial charge in [-0.25, -0.2) is 0 Å². The third-order valence-electron chi connectivity index (χ3n) is 6.24. The van der Waals surface area contributed by atoms with Gasteiger partial charge in [-0.1, -0.05) is 24.3 Å². The molecule has 0 aliphatic carbocycles. The summed E-state index contributed by atoms with van der Waals surface area (Å²) in [5.41, 5.74) is -5.90. The summed E-state index contributed by atoms with van der Waals surface area (Å²) < 4.78 is 132. The number of alkyl halides is 9. The maximum atomic E-state index is 13.8. The predicted molar refractivity (Wildman–Crippen MR) is 115 cm³/mol. The zero-order chi connectivity index (χ0) is 28.2. The lowest BCUT2D eigenvalue weighted by Gasteiger charge is -2.32. The molecule has 0 unspecified atom stereocenters. The van der Waals surface area contributed by atoms with Gasteiger partial charge in [-0.15, -0.1) is 0 Å². The highest BCUT2D eigenvalue weighted by atomic mass is 19.4. The number of amides is 1. The van der Waals surface area contributed by atoms with Gasteiger partial charge in [0, 0.05) is 0 Å². The summed E-state index contributed by atoms with van der Waals surface area (Å²) in [7, 11) is -1.38. The molecule has 14 heteroatoms. The first-order valence-electron chi connectivity index (χ1n) is 10.7. The fourth-order valence-electron chi connectivity index (χ4n) is 3.59. The standard InChI is InChI=1S/C23H21BF9NO3/c1-19(2)20(3,4)37-24(36-19)16-10-13(9-15(11-16)22(28,29)30)17(34-18(35)23(31,32)33)12-6-5-7-14(8-12)21(25,26)27/h5-11,17H,1-4H3,(H,34,35)/t17-/m0/s1. The summed E-state index contributed by atoms with van der Waals surface area (Å²) in [6.07, 6.45) is -15.4. The van der Waals surface area contributed by atoms with Gasteiger partial charge in [0.1, 0.15) is 0 Å². The van der Waals surface area contributed by atoms with Gasteiger partial charge in [-0.05, 0) is 62.5 Å². The Morgan fingerprint density at radius 1 is 0.784 bits per heavy atom. The molecule has 37 heavy (non-hydrogen) atoms. The monoisotopic (exact) mass is 541 g/mol. The van der Waals surface area contributed by atoms with Gasteiger partial charge in [0.15, 0.2) is 0 Å². The van der Waals surface area contributed by atoms with Crippen molar-refractivity contribution in [2.75, 3.05) is 0 Å². The molecule has 1 amide bonds. The van der Waals surface area contributed by atoms with Crippen LogP contribution in [0.5, 0.6) is 0 Å². The highest BCUT2D eigenvalue weighted by molar-refractivity contribution is 6.62. The van der Waals surface area contributed by atoms with Crippen molar-refractivity contribution in [1.82, 2.24) is 5.32 Å². The van der Waals surface area contributed by atoms with Gasteiger partial charge >= 0.3 is 31.6 Å². The summed E-state index contributed by atoms with van der Waals surface area (Å²) in [5.74, 6) is -2.55. The number of rotatable bonds is 4. The average molecular weight is 541 g/mol. The van der Waals surface area contributed by atoms with E-state index in [4.69, 9.17) is 9.31 Å². The highest BCUT2D eigenvalue weighted by Gasteiger charge is 2.52. The molecule has 0 saturated carbocycles. The molecule has 0 spiro atoms. The second kappa shape index (κ2) is 9.23. The Bertz CT molecular complexity index is 1160. The average Bonchev–Trinajstić information content (AvgIpc) is 2.96. The molecule has 1 atom stereocenters. The topological polar surface area (TPSA) is 47.6 Å². The summed E-state index contributed by atoms with van der Waals surface area (Å²) in [6.45, 7) is 6.49. The SMILES string of the molecule is CC1(C)OB(c2cc([C@@H](NC(=O)C(F)(F)F)c3cccc(C(F)(F)F)c3)cc(C(F)(F)F)c2)OC1(C)C. The Kier molecular flexibility index (Phi) is 7.19. The van der Waals surface area contributed by atoms with Crippen LogP contribution in [0, 0.1) is 0 Å². The van der Waals surface area contributed by atoms with E-state index in [1.165, 1.54) is 5.32 Å². The lowest BCUT2D eigenvalue weighted by Crippen LogP contribution is -2.41. The Hall–Kier alpha value is -2.74. The van der Waals surface area contributed by atoms with Crippen molar-refractivity contribution in [3.05, 3.63) is 64.7 Å². The van der Waals surface area contributed by atoms with Gasteiger partial charge < -0.3 is 14.6 Å². The molecule has 1 aliphatic rings. The van der Waals surface area contributed by atoms with Crippen LogP contribution in [0.25, 0.3) is 0 Å². The first-order valence-corrected chi connectivity index (χ1v) is 10.7. The quantitative estimate of drug-likeness (QED) is 0.394. The molecule has 0 aromatic heterocycles. The summed E-state index contributed by atoms with van der Waals surface area (Å²) in [6, 6.07) is 3.01. The van der Waals surface area contributed by atoms with E-state index in [2.05, 4.69) is 0 Å². The lowest BCUT2D eigenvalue weighted by atomic mass is 9.76. The Morgan fingerprint density at radius 2 is 1.30 bits per heavy atom. The second-order valence-electron chi connectivity index (χ2n) is 9.50. The van der Waals surface area contributed by atoms with Gasteiger partial charge in [-0.2, -0.15) is 39.5 Å². The van der Waals surface area contributed by atoms with Crippen LogP contribution in [0.15, 0.2) is 42.5 Å². The highest BCUT2D eigenvalue weighted by Crippen LogP contribution is 2.39. The van der Waals surface area contributed by atoms with Crippen LogP contribution in [-0.2, 0) is 26.5 Å². The molecule has 0 radical (unpaired) electrons. The lowest BCUT2D eigenvalue weighted by molar-refractivity contribution is -0.174. The number of carbonyl (C=O) groups is 1. The molecular weight excluding hydrogens is 520 g/mol. The first-order chi connectivity index (χ1) is 16.6. The fourth-order valence-corrected chi connectivity index (χ4v) is 3.59. The van der Waals surface area contributed by atoms with Crippen molar-refractivity contribution >= 4 is 18.5 Å². The molecule has 1 heterocycles. The molecule has 1 N–H and O–H groups in total. The molecule has 4 nitrogen and oxygen atoms in total. The summed E-state index contributed by atoms with van der Waals surface area (Å²) in [5, 5.41) is 1.52. The first kappa shape index (κ1) is 28.8. The van der Waals surface area contributed by atoms with Gasteiger partial charge in [0.25, 0.3) is 0 Å². The molecule has 0 bridgehead atoms. The van der Waals surface area contributed by atoms with Crippen molar-refractivity contribution in [3.63, 3.8) is 0 Å². The maximum Gasteiger partial charge on any atom is 0.494 e. The second-order valence-corrected chi connectivity index (χ2v) is 9.50.